The Hall–Kier alpha value is -3.09. The molecule has 0 saturated heterocycles. The minimum Gasteiger partial charge on any atom is -0.356 e. The number of unbranched alkanes of at least 4 members (excludes halogenated alkanes) is 1. The highest BCUT2D eigenvalue weighted by atomic mass is 16.2. The van der Waals surface area contributed by atoms with E-state index >= 15 is 0 Å². The van der Waals surface area contributed by atoms with Crippen LogP contribution in [0.2, 0.25) is 0 Å². The second-order valence-electron chi connectivity index (χ2n) is 7.88. The summed E-state index contributed by atoms with van der Waals surface area (Å²) in [5.74, 6) is 0.969. The maximum Gasteiger partial charge on any atom is 0.229 e. The number of benzene rings is 1. The zero-order valence-corrected chi connectivity index (χ0v) is 17.7. The number of para-hydroxylation sites is 1. The van der Waals surface area contributed by atoms with Crippen LogP contribution in [0, 0.1) is 0 Å². The lowest BCUT2D eigenvalue weighted by Gasteiger charge is -2.27. The maximum atomic E-state index is 12.6. The summed E-state index contributed by atoms with van der Waals surface area (Å²) < 4.78 is 4.02. The van der Waals surface area contributed by atoms with Gasteiger partial charge < -0.3 is 9.88 Å². The summed E-state index contributed by atoms with van der Waals surface area (Å²) in [7, 11) is 2.03. The number of rotatable bonds is 8. The molecule has 0 aliphatic carbocycles. The Morgan fingerprint density at radius 1 is 1.23 bits per heavy atom. The smallest absolute Gasteiger partial charge is 0.229 e. The maximum absolute atomic E-state index is 12.6. The van der Waals surface area contributed by atoms with Crippen molar-refractivity contribution in [2.45, 2.75) is 45.6 Å². The Balaban J connectivity index is 1.51. The van der Waals surface area contributed by atoms with E-state index in [0.717, 1.165) is 47.4 Å². The number of carbonyl (C=O) groups is 2. The number of aromatic nitrogens is 3. The van der Waals surface area contributed by atoms with Crippen molar-refractivity contribution in [3.8, 4) is 11.3 Å². The van der Waals surface area contributed by atoms with Gasteiger partial charge in [-0.3, -0.25) is 14.5 Å². The SMILES string of the molecule is CCCCNC(=O)CCCN1C(=O)CCn2nc(-c3cn(C)c4ccccc34)cc21. The van der Waals surface area contributed by atoms with Crippen molar-refractivity contribution < 1.29 is 9.59 Å². The number of amides is 2. The van der Waals surface area contributed by atoms with Gasteiger partial charge in [-0.15, -0.1) is 0 Å². The molecule has 3 aromatic rings. The first kappa shape index (κ1) is 20.2. The first-order valence-corrected chi connectivity index (χ1v) is 10.8. The second kappa shape index (κ2) is 8.73. The number of anilines is 1. The number of hydrogen-bond donors (Lipinski definition) is 1. The number of fused-ring (bicyclic) bond motifs is 2. The Morgan fingerprint density at radius 3 is 2.90 bits per heavy atom. The summed E-state index contributed by atoms with van der Waals surface area (Å²) >= 11 is 0. The fraction of sp³-hybridized carbons (Fsp3) is 0.435. The van der Waals surface area contributed by atoms with Gasteiger partial charge in [-0.05, 0) is 18.9 Å². The van der Waals surface area contributed by atoms with Gasteiger partial charge in [0.05, 0.1) is 12.2 Å². The summed E-state index contributed by atoms with van der Waals surface area (Å²) in [6, 6.07) is 10.3. The predicted octanol–water partition coefficient (Wildman–Crippen LogP) is 3.48. The molecule has 1 aliphatic rings. The highest BCUT2D eigenvalue weighted by molar-refractivity contribution is 5.98. The van der Waals surface area contributed by atoms with Crippen molar-refractivity contribution >= 4 is 28.5 Å². The van der Waals surface area contributed by atoms with Gasteiger partial charge in [0.2, 0.25) is 11.8 Å². The molecule has 2 aromatic heterocycles. The van der Waals surface area contributed by atoms with E-state index in [9.17, 15) is 9.59 Å². The molecule has 1 aromatic carbocycles. The zero-order valence-electron chi connectivity index (χ0n) is 17.7. The molecule has 158 valence electrons. The van der Waals surface area contributed by atoms with Crippen LogP contribution >= 0.6 is 0 Å². The van der Waals surface area contributed by atoms with Gasteiger partial charge in [-0.1, -0.05) is 31.5 Å². The Kier molecular flexibility index (Phi) is 5.88. The Bertz CT molecular complexity index is 1060. The van der Waals surface area contributed by atoms with Gasteiger partial charge >= 0.3 is 0 Å². The lowest BCUT2D eigenvalue weighted by atomic mass is 10.1. The molecule has 1 N–H and O–H groups in total. The van der Waals surface area contributed by atoms with Crippen LogP contribution in [0.5, 0.6) is 0 Å². The average molecular weight is 408 g/mol. The lowest BCUT2D eigenvalue weighted by Crippen LogP contribution is -2.38. The summed E-state index contributed by atoms with van der Waals surface area (Å²) in [5, 5.41) is 8.88. The van der Waals surface area contributed by atoms with E-state index in [0.29, 0.717) is 32.4 Å². The highest BCUT2D eigenvalue weighted by Crippen LogP contribution is 2.33. The molecule has 0 bridgehead atoms. The molecule has 1 aliphatic heterocycles. The molecule has 7 heteroatoms. The number of nitrogens with zero attached hydrogens (tertiary/aromatic N) is 4. The third-order valence-electron chi connectivity index (χ3n) is 5.68. The molecule has 2 amide bonds. The number of aryl methyl sites for hydroxylation is 2. The summed E-state index contributed by atoms with van der Waals surface area (Å²) in [6.45, 7) is 3.94. The molecular formula is C23H29N5O2. The number of nitrogens with one attached hydrogen (secondary N) is 1. The van der Waals surface area contributed by atoms with Gasteiger partial charge in [0, 0.05) is 61.7 Å². The zero-order chi connectivity index (χ0) is 21.1. The van der Waals surface area contributed by atoms with E-state index in [1.165, 1.54) is 0 Å². The summed E-state index contributed by atoms with van der Waals surface area (Å²) in [4.78, 5) is 26.3. The largest absolute Gasteiger partial charge is 0.356 e. The van der Waals surface area contributed by atoms with Crippen molar-refractivity contribution in [3.05, 3.63) is 36.5 Å². The van der Waals surface area contributed by atoms with Gasteiger partial charge in [0.1, 0.15) is 5.82 Å². The first-order valence-electron chi connectivity index (χ1n) is 10.8. The summed E-state index contributed by atoms with van der Waals surface area (Å²) in [5.41, 5.74) is 3.09. The van der Waals surface area contributed by atoms with Crippen molar-refractivity contribution in [3.63, 3.8) is 0 Å². The van der Waals surface area contributed by atoms with E-state index in [1.54, 1.807) is 4.90 Å². The van der Waals surface area contributed by atoms with Crippen LogP contribution in [-0.2, 0) is 23.2 Å². The molecular weight excluding hydrogens is 378 g/mol. The Morgan fingerprint density at radius 2 is 2.07 bits per heavy atom. The number of carbonyl (C=O) groups excluding carboxylic acids is 2. The van der Waals surface area contributed by atoms with Crippen molar-refractivity contribution in [2.75, 3.05) is 18.0 Å². The first-order chi connectivity index (χ1) is 14.6. The Labute approximate surface area is 176 Å². The van der Waals surface area contributed by atoms with Crippen LogP contribution in [0.25, 0.3) is 22.2 Å². The van der Waals surface area contributed by atoms with Crippen LogP contribution in [0.15, 0.2) is 36.5 Å². The van der Waals surface area contributed by atoms with Gasteiger partial charge in [-0.25, -0.2) is 4.68 Å². The van der Waals surface area contributed by atoms with Crippen LogP contribution < -0.4 is 10.2 Å². The van der Waals surface area contributed by atoms with E-state index in [-0.39, 0.29) is 11.8 Å². The average Bonchev–Trinajstić information content (AvgIpc) is 3.31. The standard InChI is InChI=1S/C23H29N5O2/c1-3-4-12-24-21(29)10-7-13-27-22-15-19(25-28(22)14-11-23(27)30)18-16-26(2)20-9-6-5-8-17(18)20/h5-6,8-9,15-16H,3-4,7,10-14H2,1-2H3,(H,24,29). The second-order valence-corrected chi connectivity index (χ2v) is 7.88. The van der Waals surface area contributed by atoms with E-state index in [1.807, 2.05) is 29.9 Å². The molecule has 0 atom stereocenters. The fourth-order valence-corrected chi connectivity index (χ4v) is 4.06. The van der Waals surface area contributed by atoms with E-state index in [4.69, 9.17) is 5.10 Å². The van der Waals surface area contributed by atoms with E-state index < -0.39 is 0 Å². The molecule has 4 rings (SSSR count). The topological polar surface area (TPSA) is 72.2 Å². The van der Waals surface area contributed by atoms with Crippen LogP contribution in [-0.4, -0.2) is 39.3 Å². The third kappa shape index (κ3) is 3.97. The van der Waals surface area contributed by atoms with Gasteiger partial charge in [0.25, 0.3) is 0 Å². The van der Waals surface area contributed by atoms with Gasteiger partial charge in [-0.2, -0.15) is 5.10 Å². The highest BCUT2D eigenvalue weighted by Gasteiger charge is 2.27. The fourth-order valence-electron chi connectivity index (χ4n) is 4.06. The molecule has 0 fully saturated rings. The van der Waals surface area contributed by atoms with E-state index in [2.05, 4.69) is 35.1 Å². The molecule has 0 saturated carbocycles. The minimum atomic E-state index is 0.0536. The van der Waals surface area contributed by atoms with Crippen LogP contribution in [0.4, 0.5) is 5.82 Å². The third-order valence-corrected chi connectivity index (χ3v) is 5.68. The number of hydrogen-bond acceptors (Lipinski definition) is 3. The molecule has 0 radical (unpaired) electrons. The van der Waals surface area contributed by atoms with Crippen molar-refractivity contribution in [1.82, 2.24) is 19.7 Å². The van der Waals surface area contributed by atoms with Crippen LogP contribution in [0.1, 0.15) is 39.0 Å². The summed E-state index contributed by atoms with van der Waals surface area (Å²) in [6.07, 6.45) is 5.65. The molecule has 0 unspecified atom stereocenters. The minimum absolute atomic E-state index is 0.0536. The molecule has 0 spiro atoms. The normalized spacial score (nSPS) is 13.7. The monoisotopic (exact) mass is 407 g/mol. The lowest BCUT2D eigenvalue weighted by molar-refractivity contribution is -0.122. The quantitative estimate of drug-likeness (QED) is 0.581. The van der Waals surface area contributed by atoms with Crippen molar-refractivity contribution in [1.29, 1.82) is 0 Å². The predicted molar refractivity (Wildman–Crippen MR) is 118 cm³/mol. The van der Waals surface area contributed by atoms with Crippen molar-refractivity contribution in [2.24, 2.45) is 7.05 Å². The molecule has 30 heavy (non-hydrogen) atoms. The molecule has 3 heterocycles. The van der Waals surface area contributed by atoms with Gasteiger partial charge in [0.15, 0.2) is 0 Å². The van der Waals surface area contributed by atoms with Crippen LogP contribution in [0.3, 0.4) is 0 Å². The molecule has 7 nitrogen and oxygen atoms in total.